The minimum absolute atomic E-state index is 0.521. The number of nitrogens with one attached hydrogen (secondary N) is 2. The Hall–Kier alpha value is -2.60. The van der Waals surface area contributed by atoms with Gasteiger partial charge in [-0.25, -0.2) is 9.97 Å². The summed E-state index contributed by atoms with van der Waals surface area (Å²) in [4.78, 5) is 9.55. The quantitative estimate of drug-likeness (QED) is 0.694. The average molecular weight is 390 g/mol. The number of methoxy groups -OCH3 is 1. The smallest absolute Gasteiger partial charge is 0.140 e. The van der Waals surface area contributed by atoms with E-state index in [4.69, 9.17) is 9.72 Å². The van der Waals surface area contributed by atoms with E-state index in [0.717, 1.165) is 28.6 Å². The summed E-state index contributed by atoms with van der Waals surface area (Å²) in [6.45, 7) is 2.35. The Kier molecular flexibility index (Phi) is 3.85. The first-order valence-corrected chi connectivity index (χ1v) is 10.7. The highest BCUT2D eigenvalue weighted by Gasteiger charge is 2.43. The van der Waals surface area contributed by atoms with Crippen LogP contribution in [-0.4, -0.2) is 40.6 Å². The van der Waals surface area contributed by atoms with Crippen molar-refractivity contribution in [1.29, 1.82) is 0 Å². The summed E-state index contributed by atoms with van der Waals surface area (Å²) in [5, 5.41) is 7.12. The second-order valence-electron chi connectivity index (χ2n) is 9.04. The monoisotopic (exact) mass is 389 g/mol. The van der Waals surface area contributed by atoms with Crippen LogP contribution >= 0.6 is 0 Å². The highest BCUT2D eigenvalue weighted by atomic mass is 16.5. The fourth-order valence-corrected chi connectivity index (χ4v) is 5.09. The SMILES string of the molecule is COc1cc2ncc(-c3cccc(NC4CCC5(CNC5)C4)n3)n2cc1C1CC1. The van der Waals surface area contributed by atoms with Crippen LogP contribution in [0.1, 0.15) is 43.6 Å². The Morgan fingerprint density at radius 2 is 2.14 bits per heavy atom. The molecule has 6 rings (SSSR count). The minimum atomic E-state index is 0.521. The fourth-order valence-electron chi connectivity index (χ4n) is 5.09. The van der Waals surface area contributed by atoms with Gasteiger partial charge in [-0.05, 0) is 55.6 Å². The summed E-state index contributed by atoms with van der Waals surface area (Å²) in [7, 11) is 1.74. The first kappa shape index (κ1) is 17.3. The molecule has 29 heavy (non-hydrogen) atoms. The van der Waals surface area contributed by atoms with E-state index >= 15 is 0 Å². The van der Waals surface area contributed by atoms with Crippen LogP contribution in [0.4, 0.5) is 5.82 Å². The Labute approximate surface area is 170 Å². The van der Waals surface area contributed by atoms with E-state index in [2.05, 4.69) is 44.4 Å². The lowest BCUT2D eigenvalue weighted by Crippen LogP contribution is -2.52. The van der Waals surface area contributed by atoms with Gasteiger partial charge in [0.25, 0.3) is 0 Å². The second-order valence-corrected chi connectivity index (χ2v) is 9.04. The Morgan fingerprint density at radius 1 is 1.24 bits per heavy atom. The van der Waals surface area contributed by atoms with E-state index in [1.165, 1.54) is 50.8 Å². The number of aromatic nitrogens is 3. The van der Waals surface area contributed by atoms with Crippen LogP contribution in [0.3, 0.4) is 0 Å². The van der Waals surface area contributed by atoms with Crippen molar-refractivity contribution in [2.45, 2.75) is 44.1 Å². The molecule has 2 aliphatic carbocycles. The molecule has 3 aromatic heterocycles. The van der Waals surface area contributed by atoms with Gasteiger partial charge < -0.3 is 15.4 Å². The molecule has 2 saturated carbocycles. The van der Waals surface area contributed by atoms with Crippen molar-refractivity contribution in [3.05, 3.63) is 42.2 Å². The van der Waals surface area contributed by atoms with Gasteiger partial charge in [0.05, 0.1) is 24.7 Å². The van der Waals surface area contributed by atoms with Crippen LogP contribution in [-0.2, 0) is 0 Å². The number of nitrogens with zero attached hydrogens (tertiary/aromatic N) is 3. The van der Waals surface area contributed by atoms with Crippen molar-refractivity contribution in [3.63, 3.8) is 0 Å². The van der Waals surface area contributed by atoms with E-state index in [1.807, 2.05) is 12.3 Å². The van der Waals surface area contributed by atoms with Gasteiger partial charge in [-0.15, -0.1) is 0 Å². The third-order valence-electron chi connectivity index (χ3n) is 6.94. The Bertz CT molecular complexity index is 1070. The Morgan fingerprint density at radius 3 is 2.86 bits per heavy atom. The number of fused-ring (bicyclic) bond motifs is 1. The molecular formula is C23H27N5O. The zero-order valence-corrected chi connectivity index (χ0v) is 16.8. The standard InChI is InChI=1S/C23H27N5O/c1-29-20-9-22-25-11-19(28(22)12-17(20)15-5-6-15)18-3-2-4-21(27-18)26-16-7-8-23(10-16)13-24-14-23/h2-4,9,11-12,15-16,24H,5-8,10,13-14H2,1H3,(H,26,27). The molecule has 1 unspecified atom stereocenters. The summed E-state index contributed by atoms with van der Waals surface area (Å²) in [5.74, 6) is 2.52. The van der Waals surface area contributed by atoms with E-state index in [0.29, 0.717) is 17.4 Å². The first-order chi connectivity index (χ1) is 14.2. The fraction of sp³-hybridized carbons (Fsp3) is 0.478. The zero-order valence-electron chi connectivity index (χ0n) is 16.8. The number of imidazole rings is 1. The molecule has 0 bridgehead atoms. The van der Waals surface area contributed by atoms with Gasteiger partial charge in [0.1, 0.15) is 17.2 Å². The number of hydrogen-bond acceptors (Lipinski definition) is 5. The summed E-state index contributed by atoms with van der Waals surface area (Å²) in [6, 6.07) is 8.80. The molecule has 3 fully saturated rings. The third-order valence-corrected chi connectivity index (χ3v) is 6.94. The van der Waals surface area contributed by atoms with Crippen molar-refractivity contribution < 1.29 is 4.74 Å². The zero-order chi connectivity index (χ0) is 19.4. The number of hydrogen-bond donors (Lipinski definition) is 2. The number of pyridine rings is 2. The van der Waals surface area contributed by atoms with Gasteiger partial charge in [-0.3, -0.25) is 4.40 Å². The molecule has 6 nitrogen and oxygen atoms in total. The van der Waals surface area contributed by atoms with Crippen molar-refractivity contribution in [3.8, 4) is 17.1 Å². The van der Waals surface area contributed by atoms with Gasteiger partial charge in [0.2, 0.25) is 0 Å². The first-order valence-electron chi connectivity index (χ1n) is 10.7. The number of rotatable bonds is 5. The summed E-state index contributed by atoms with van der Waals surface area (Å²) in [6.07, 6.45) is 10.4. The molecule has 0 amide bonds. The van der Waals surface area contributed by atoms with E-state index in [9.17, 15) is 0 Å². The predicted octanol–water partition coefficient (Wildman–Crippen LogP) is 3.84. The maximum absolute atomic E-state index is 5.61. The summed E-state index contributed by atoms with van der Waals surface area (Å²) in [5.41, 5.74) is 4.69. The van der Waals surface area contributed by atoms with Crippen LogP contribution in [0, 0.1) is 5.41 Å². The normalized spacial score (nSPS) is 22.7. The molecule has 3 aromatic rings. The molecule has 0 radical (unpaired) electrons. The van der Waals surface area contributed by atoms with Gasteiger partial charge in [-0.1, -0.05) is 6.07 Å². The lowest BCUT2D eigenvalue weighted by atomic mass is 9.80. The number of anilines is 1. The second kappa shape index (κ2) is 6.46. The van der Waals surface area contributed by atoms with E-state index < -0.39 is 0 Å². The van der Waals surface area contributed by atoms with Crippen LogP contribution in [0.2, 0.25) is 0 Å². The van der Waals surface area contributed by atoms with Gasteiger partial charge in [0, 0.05) is 37.0 Å². The van der Waals surface area contributed by atoms with Crippen molar-refractivity contribution in [1.82, 2.24) is 19.7 Å². The lowest BCUT2D eigenvalue weighted by Gasteiger charge is -2.39. The van der Waals surface area contributed by atoms with Crippen LogP contribution in [0.25, 0.3) is 17.0 Å². The molecule has 4 heterocycles. The molecule has 1 aliphatic heterocycles. The maximum Gasteiger partial charge on any atom is 0.140 e. The Balaban J connectivity index is 1.30. The average Bonchev–Trinajstić information content (AvgIpc) is 3.33. The molecule has 150 valence electrons. The highest BCUT2D eigenvalue weighted by Crippen LogP contribution is 2.45. The molecule has 1 atom stereocenters. The van der Waals surface area contributed by atoms with Crippen molar-refractivity contribution in [2.75, 3.05) is 25.5 Å². The lowest BCUT2D eigenvalue weighted by molar-refractivity contribution is 0.176. The molecule has 6 heteroatoms. The topological polar surface area (TPSA) is 63.5 Å². The third kappa shape index (κ3) is 2.97. The van der Waals surface area contributed by atoms with E-state index in [-0.39, 0.29) is 0 Å². The molecule has 2 N–H and O–H groups in total. The minimum Gasteiger partial charge on any atom is -0.496 e. The largest absolute Gasteiger partial charge is 0.496 e. The van der Waals surface area contributed by atoms with Gasteiger partial charge >= 0.3 is 0 Å². The molecular weight excluding hydrogens is 362 g/mol. The molecule has 0 aromatic carbocycles. The van der Waals surface area contributed by atoms with Crippen LogP contribution in [0.15, 0.2) is 36.7 Å². The van der Waals surface area contributed by atoms with Crippen LogP contribution < -0.4 is 15.4 Å². The molecule has 3 aliphatic rings. The van der Waals surface area contributed by atoms with Crippen LogP contribution in [0.5, 0.6) is 5.75 Å². The maximum atomic E-state index is 5.61. The predicted molar refractivity (Wildman–Crippen MR) is 114 cm³/mol. The summed E-state index contributed by atoms with van der Waals surface area (Å²) >= 11 is 0. The van der Waals surface area contributed by atoms with Gasteiger partial charge in [-0.2, -0.15) is 0 Å². The number of ether oxygens (including phenoxy) is 1. The summed E-state index contributed by atoms with van der Waals surface area (Å²) < 4.78 is 7.77. The van der Waals surface area contributed by atoms with E-state index in [1.54, 1.807) is 7.11 Å². The van der Waals surface area contributed by atoms with Gasteiger partial charge in [0.15, 0.2) is 0 Å². The highest BCUT2D eigenvalue weighted by molar-refractivity contribution is 5.64. The molecule has 1 saturated heterocycles. The van der Waals surface area contributed by atoms with Crippen molar-refractivity contribution in [2.24, 2.45) is 5.41 Å². The van der Waals surface area contributed by atoms with Crippen molar-refractivity contribution >= 4 is 11.5 Å². The molecule has 1 spiro atoms.